The molecule has 0 aliphatic carbocycles. The van der Waals surface area contributed by atoms with Crippen LogP contribution in [0, 0.1) is 0 Å². The second-order valence-electron chi connectivity index (χ2n) is 4.11. The fourth-order valence-electron chi connectivity index (χ4n) is 1.89. The van der Waals surface area contributed by atoms with Crippen molar-refractivity contribution in [3.05, 3.63) is 11.8 Å². The first-order valence-electron chi connectivity index (χ1n) is 5.33. The summed E-state index contributed by atoms with van der Waals surface area (Å²) in [4.78, 5) is 13.0. The molecular formula is C10H16N2O4. The first-order chi connectivity index (χ1) is 7.61. The van der Waals surface area contributed by atoms with E-state index in [2.05, 4.69) is 5.32 Å². The molecule has 2 aliphatic rings. The Morgan fingerprint density at radius 3 is 3.00 bits per heavy atom. The van der Waals surface area contributed by atoms with Crippen molar-refractivity contribution in [1.82, 2.24) is 10.2 Å². The van der Waals surface area contributed by atoms with Crippen molar-refractivity contribution in [1.29, 1.82) is 0 Å². The summed E-state index contributed by atoms with van der Waals surface area (Å²) in [6, 6.07) is -0.373. The van der Waals surface area contributed by atoms with Crippen LogP contribution in [0.5, 0.6) is 0 Å². The first-order valence-corrected chi connectivity index (χ1v) is 5.33. The Kier molecular flexibility index (Phi) is 3.13. The highest BCUT2D eigenvalue weighted by molar-refractivity contribution is 5.77. The van der Waals surface area contributed by atoms with Gasteiger partial charge in [-0.2, -0.15) is 0 Å². The number of hydrogen-bond donors (Lipinski definition) is 3. The molecule has 2 amide bonds. The molecule has 1 fully saturated rings. The minimum absolute atomic E-state index is 0.0305. The first kappa shape index (κ1) is 11.4. The van der Waals surface area contributed by atoms with E-state index in [-0.39, 0.29) is 25.0 Å². The van der Waals surface area contributed by atoms with Crippen LogP contribution in [0.1, 0.15) is 19.8 Å². The van der Waals surface area contributed by atoms with E-state index in [1.165, 1.54) is 4.90 Å². The Balaban J connectivity index is 2.07. The molecule has 90 valence electrons. The Morgan fingerprint density at radius 1 is 1.62 bits per heavy atom. The fraction of sp³-hybridized carbons (Fsp3) is 0.700. The number of urea groups is 1. The summed E-state index contributed by atoms with van der Waals surface area (Å²) in [6.45, 7) is 1.70. The number of carbonyl (C=O) groups excluding carboxylic acids is 1. The molecule has 2 aliphatic heterocycles. The molecule has 6 heteroatoms. The van der Waals surface area contributed by atoms with Gasteiger partial charge in [-0.15, -0.1) is 0 Å². The molecule has 1 saturated heterocycles. The maximum atomic E-state index is 11.6. The Bertz CT molecular complexity index is 318. The van der Waals surface area contributed by atoms with Gasteiger partial charge in [0, 0.05) is 6.20 Å². The molecule has 0 bridgehead atoms. The van der Waals surface area contributed by atoms with Gasteiger partial charge in [0.25, 0.3) is 0 Å². The van der Waals surface area contributed by atoms with Gasteiger partial charge >= 0.3 is 6.03 Å². The minimum Gasteiger partial charge on any atom is -0.394 e. The SMILES string of the molecule is CC1=CN(C2CCC(CO)O2)C(=O)NC1O. The lowest BCUT2D eigenvalue weighted by molar-refractivity contribution is -0.0400. The summed E-state index contributed by atoms with van der Waals surface area (Å²) in [5.41, 5.74) is 0.663. The van der Waals surface area contributed by atoms with Crippen molar-refractivity contribution in [2.75, 3.05) is 6.61 Å². The zero-order chi connectivity index (χ0) is 11.7. The second-order valence-corrected chi connectivity index (χ2v) is 4.11. The molecule has 0 aromatic carbocycles. The number of nitrogens with one attached hydrogen (secondary N) is 1. The Morgan fingerprint density at radius 2 is 2.38 bits per heavy atom. The van der Waals surface area contributed by atoms with Crippen LogP contribution < -0.4 is 5.32 Å². The lowest BCUT2D eigenvalue weighted by Gasteiger charge is -2.32. The standard InChI is InChI=1S/C10H16N2O4/c1-6-4-12(10(15)11-9(6)14)8-3-2-7(5-13)16-8/h4,7-9,13-14H,2-3,5H2,1H3,(H,11,15). The number of carbonyl (C=O) groups is 1. The molecule has 2 heterocycles. The van der Waals surface area contributed by atoms with Gasteiger partial charge < -0.3 is 20.3 Å². The highest BCUT2D eigenvalue weighted by atomic mass is 16.5. The zero-order valence-corrected chi connectivity index (χ0v) is 9.09. The second kappa shape index (κ2) is 4.40. The molecule has 3 unspecified atom stereocenters. The number of amides is 2. The lowest BCUT2D eigenvalue weighted by atomic mass is 10.2. The Labute approximate surface area is 93.5 Å². The van der Waals surface area contributed by atoms with Crippen molar-refractivity contribution in [2.45, 2.75) is 38.3 Å². The summed E-state index contributed by atoms with van der Waals surface area (Å²) < 4.78 is 5.49. The van der Waals surface area contributed by atoms with E-state index in [0.717, 1.165) is 6.42 Å². The predicted molar refractivity (Wildman–Crippen MR) is 55.1 cm³/mol. The van der Waals surface area contributed by atoms with Crippen LogP contribution >= 0.6 is 0 Å². The molecule has 0 spiro atoms. The van der Waals surface area contributed by atoms with Crippen molar-refractivity contribution in [3.8, 4) is 0 Å². The molecule has 3 N–H and O–H groups in total. The predicted octanol–water partition coefficient (Wildman–Crippen LogP) is -0.269. The number of ether oxygens (including phenoxy) is 1. The third-order valence-electron chi connectivity index (χ3n) is 2.87. The van der Waals surface area contributed by atoms with Crippen molar-refractivity contribution in [2.24, 2.45) is 0 Å². The summed E-state index contributed by atoms with van der Waals surface area (Å²) >= 11 is 0. The number of aliphatic hydroxyl groups excluding tert-OH is 2. The van der Waals surface area contributed by atoms with Crippen LogP contribution in [0.25, 0.3) is 0 Å². The smallest absolute Gasteiger partial charge is 0.325 e. The molecule has 0 aromatic heterocycles. The van der Waals surface area contributed by atoms with Gasteiger partial charge in [0.15, 0.2) is 6.23 Å². The lowest BCUT2D eigenvalue weighted by Crippen LogP contribution is -2.51. The normalized spacial score (nSPS) is 34.9. The van der Waals surface area contributed by atoms with Crippen LogP contribution in [0.4, 0.5) is 4.79 Å². The van der Waals surface area contributed by atoms with Crippen molar-refractivity contribution >= 4 is 6.03 Å². The van der Waals surface area contributed by atoms with E-state index in [1.807, 2.05) is 0 Å². The van der Waals surface area contributed by atoms with E-state index in [9.17, 15) is 9.90 Å². The molecule has 2 rings (SSSR count). The molecule has 0 saturated carbocycles. The van der Waals surface area contributed by atoms with Gasteiger partial charge in [0.05, 0.1) is 12.7 Å². The summed E-state index contributed by atoms with van der Waals surface area (Å²) in [6.07, 6.45) is 1.56. The van der Waals surface area contributed by atoms with Gasteiger partial charge in [0.2, 0.25) is 0 Å². The van der Waals surface area contributed by atoms with Crippen LogP contribution in [0.15, 0.2) is 11.8 Å². The zero-order valence-electron chi connectivity index (χ0n) is 9.09. The van der Waals surface area contributed by atoms with Gasteiger partial charge in [0.1, 0.15) is 6.23 Å². The van der Waals surface area contributed by atoms with Crippen molar-refractivity contribution in [3.63, 3.8) is 0 Å². The highest BCUT2D eigenvalue weighted by Crippen LogP contribution is 2.25. The monoisotopic (exact) mass is 228 g/mol. The average molecular weight is 228 g/mol. The summed E-state index contributed by atoms with van der Waals surface area (Å²) in [5.74, 6) is 0. The third-order valence-corrected chi connectivity index (χ3v) is 2.87. The topological polar surface area (TPSA) is 82.0 Å². The average Bonchev–Trinajstić information content (AvgIpc) is 2.71. The highest BCUT2D eigenvalue weighted by Gasteiger charge is 2.34. The van der Waals surface area contributed by atoms with Gasteiger partial charge in [-0.05, 0) is 25.3 Å². The molecule has 3 atom stereocenters. The van der Waals surface area contributed by atoms with E-state index in [4.69, 9.17) is 9.84 Å². The summed E-state index contributed by atoms with van der Waals surface area (Å²) in [7, 11) is 0. The molecule has 0 aromatic rings. The third kappa shape index (κ3) is 2.04. The quantitative estimate of drug-likeness (QED) is 0.607. The van der Waals surface area contributed by atoms with Gasteiger partial charge in [-0.3, -0.25) is 4.90 Å². The number of aliphatic hydroxyl groups is 2. The van der Waals surface area contributed by atoms with E-state index in [0.29, 0.717) is 12.0 Å². The summed E-state index contributed by atoms with van der Waals surface area (Å²) in [5, 5.41) is 20.8. The Hall–Kier alpha value is -1.11. The maximum Gasteiger partial charge on any atom is 0.325 e. The van der Waals surface area contributed by atoms with Gasteiger partial charge in [-0.25, -0.2) is 4.79 Å². The maximum absolute atomic E-state index is 11.6. The molecular weight excluding hydrogens is 212 g/mol. The molecule has 16 heavy (non-hydrogen) atoms. The number of hydrogen-bond acceptors (Lipinski definition) is 4. The van der Waals surface area contributed by atoms with Crippen LogP contribution in [-0.4, -0.2) is 46.3 Å². The van der Waals surface area contributed by atoms with E-state index >= 15 is 0 Å². The number of nitrogens with zero attached hydrogens (tertiary/aromatic N) is 1. The van der Waals surface area contributed by atoms with Crippen LogP contribution in [0.2, 0.25) is 0 Å². The minimum atomic E-state index is -0.918. The number of rotatable bonds is 2. The fourth-order valence-corrected chi connectivity index (χ4v) is 1.89. The largest absolute Gasteiger partial charge is 0.394 e. The van der Waals surface area contributed by atoms with Gasteiger partial charge in [-0.1, -0.05) is 0 Å². The van der Waals surface area contributed by atoms with E-state index in [1.54, 1.807) is 13.1 Å². The molecule has 6 nitrogen and oxygen atoms in total. The molecule has 0 radical (unpaired) electrons. The van der Waals surface area contributed by atoms with Crippen molar-refractivity contribution < 1.29 is 19.7 Å². The van der Waals surface area contributed by atoms with E-state index < -0.39 is 6.23 Å². The van der Waals surface area contributed by atoms with Crippen LogP contribution in [0.3, 0.4) is 0 Å². The van der Waals surface area contributed by atoms with Crippen LogP contribution in [-0.2, 0) is 4.74 Å².